The topological polar surface area (TPSA) is 42.2 Å². The van der Waals surface area contributed by atoms with Crippen molar-refractivity contribution in [3.8, 4) is 6.07 Å². The van der Waals surface area contributed by atoms with Gasteiger partial charge in [-0.05, 0) is 45.3 Å². The highest BCUT2D eigenvalue weighted by atomic mass is 19.3. The molecule has 1 aliphatic heterocycles. The fourth-order valence-corrected chi connectivity index (χ4v) is 2.02. The molecule has 0 N–H and O–H groups in total. The number of halogens is 2. The van der Waals surface area contributed by atoms with Crippen molar-refractivity contribution >= 4 is 12.6 Å². The Hall–Kier alpha value is -1.45. The van der Waals surface area contributed by atoms with Crippen molar-refractivity contribution in [1.82, 2.24) is 0 Å². The molecule has 1 aromatic rings. The number of hydrogen-bond acceptors (Lipinski definition) is 3. The highest BCUT2D eigenvalue weighted by molar-refractivity contribution is 6.62. The average Bonchev–Trinajstić information content (AvgIpc) is 2.57. The minimum atomic E-state index is -2.64. The van der Waals surface area contributed by atoms with Crippen molar-refractivity contribution < 1.29 is 18.1 Å². The van der Waals surface area contributed by atoms with Gasteiger partial charge in [-0.1, -0.05) is 6.07 Å². The molecule has 20 heavy (non-hydrogen) atoms. The molecule has 0 aromatic heterocycles. The van der Waals surface area contributed by atoms with Gasteiger partial charge in [-0.3, -0.25) is 0 Å². The fraction of sp³-hybridized carbons (Fsp3) is 0.500. The lowest BCUT2D eigenvalue weighted by atomic mass is 9.75. The summed E-state index contributed by atoms with van der Waals surface area (Å²) in [6.07, 6.45) is -2.64. The normalized spacial score (nSPS) is 20.2. The predicted octanol–water partition coefficient (Wildman–Crippen LogP) is 2.80. The molecule has 106 valence electrons. The lowest BCUT2D eigenvalue weighted by Crippen LogP contribution is -2.41. The summed E-state index contributed by atoms with van der Waals surface area (Å²) in [4.78, 5) is 0. The minimum Gasteiger partial charge on any atom is -0.399 e. The SMILES string of the molecule is CC1(C)OB(c2cc(C#N)ccc2C(F)F)OC1(C)C. The molecule has 2 rings (SSSR count). The Labute approximate surface area is 117 Å². The van der Waals surface area contributed by atoms with Gasteiger partial charge < -0.3 is 9.31 Å². The van der Waals surface area contributed by atoms with E-state index in [4.69, 9.17) is 14.6 Å². The number of alkyl halides is 2. The Balaban J connectivity index is 2.46. The summed E-state index contributed by atoms with van der Waals surface area (Å²) in [5.74, 6) is 0. The van der Waals surface area contributed by atoms with Gasteiger partial charge in [0.05, 0.1) is 22.8 Å². The third-order valence-corrected chi connectivity index (χ3v) is 3.96. The molecule has 1 fully saturated rings. The van der Waals surface area contributed by atoms with Crippen LogP contribution in [0.1, 0.15) is 45.2 Å². The van der Waals surface area contributed by atoms with E-state index < -0.39 is 24.7 Å². The number of hydrogen-bond donors (Lipinski definition) is 0. The second kappa shape index (κ2) is 4.83. The molecule has 0 spiro atoms. The van der Waals surface area contributed by atoms with Crippen LogP contribution in [-0.4, -0.2) is 18.3 Å². The molecular weight excluding hydrogens is 263 g/mol. The van der Waals surface area contributed by atoms with Crippen LogP contribution in [0.5, 0.6) is 0 Å². The second-order valence-corrected chi connectivity index (χ2v) is 5.84. The smallest absolute Gasteiger partial charge is 0.399 e. The monoisotopic (exact) mass is 279 g/mol. The number of nitrogens with zero attached hydrogens (tertiary/aromatic N) is 1. The van der Waals surface area contributed by atoms with Crippen LogP contribution in [0.2, 0.25) is 0 Å². The van der Waals surface area contributed by atoms with Crippen LogP contribution < -0.4 is 5.46 Å². The summed E-state index contributed by atoms with van der Waals surface area (Å²) >= 11 is 0. The van der Waals surface area contributed by atoms with E-state index in [0.717, 1.165) is 0 Å². The molecule has 0 atom stereocenters. The lowest BCUT2D eigenvalue weighted by Gasteiger charge is -2.32. The third-order valence-electron chi connectivity index (χ3n) is 3.96. The Kier molecular flexibility index (Phi) is 3.61. The van der Waals surface area contributed by atoms with E-state index in [2.05, 4.69) is 0 Å². The van der Waals surface area contributed by atoms with Crippen LogP contribution in [0.3, 0.4) is 0 Å². The zero-order chi connectivity index (χ0) is 15.1. The van der Waals surface area contributed by atoms with Crippen molar-refractivity contribution in [2.24, 2.45) is 0 Å². The zero-order valence-electron chi connectivity index (χ0n) is 11.9. The summed E-state index contributed by atoms with van der Waals surface area (Å²) in [5.41, 5.74) is -0.862. The molecule has 3 nitrogen and oxygen atoms in total. The van der Waals surface area contributed by atoms with Gasteiger partial charge in [-0.2, -0.15) is 5.26 Å². The maximum atomic E-state index is 13.1. The van der Waals surface area contributed by atoms with E-state index in [1.54, 1.807) is 0 Å². The highest BCUT2D eigenvalue weighted by Gasteiger charge is 2.52. The first kappa shape index (κ1) is 15.0. The van der Waals surface area contributed by atoms with Gasteiger partial charge in [0.1, 0.15) is 0 Å². The fourth-order valence-electron chi connectivity index (χ4n) is 2.02. The van der Waals surface area contributed by atoms with E-state index in [-0.39, 0.29) is 11.0 Å². The molecule has 0 radical (unpaired) electrons. The van der Waals surface area contributed by atoms with E-state index in [1.165, 1.54) is 18.2 Å². The van der Waals surface area contributed by atoms with E-state index in [9.17, 15) is 8.78 Å². The average molecular weight is 279 g/mol. The van der Waals surface area contributed by atoms with Crippen LogP contribution in [-0.2, 0) is 9.31 Å². The molecule has 0 aliphatic carbocycles. The van der Waals surface area contributed by atoms with Crippen molar-refractivity contribution in [2.75, 3.05) is 0 Å². The van der Waals surface area contributed by atoms with Crippen molar-refractivity contribution in [2.45, 2.75) is 45.3 Å². The molecule has 1 aliphatic rings. The van der Waals surface area contributed by atoms with Gasteiger partial charge in [0.15, 0.2) is 0 Å². The van der Waals surface area contributed by atoms with Crippen LogP contribution in [0.15, 0.2) is 18.2 Å². The van der Waals surface area contributed by atoms with Crippen LogP contribution in [0, 0.1) is 11.3 Å². The third kappa shape index (κ3) is 2.44. The summed E-state index contributed by atoms with van der Waals surface area (Å²) in [5, 5.41) is 8.92. The highest BCUT2D eigenvalue weighted by Crippen LogP contribution is 2.37. The van der Waals surface area contributed by atoms with Crippen molar-refractivity contribution in [1.29, 1.82) is 5.26 Å². The minimum absolute atomic E-state index is 0.164. The molecule has 1 aromatic carbocycles. The Bertz CT molecular complexity index is 551. The summed E-state index contributed by atoms with van der Waals surface area (Å²) < 4.78 is 37.8. The second-order valence-electron chi connectivity index (χ2n) is 5.84. The van der Waals surface area contributed by atoms with Crippen LogP contribution >= 0.6 is 0 Å². The predicted molar refractivity (Wildman–Crippen MR) is 71.8 cm³/mol. The summed E-state index contributed by atoms with van der Waals surface area (Å²) in [6.45, 7) is 7.40. The Morgan fingerprint density at radius 1 is 1.15 bits per heavy atom. The molecule has 0 bridgehead atoms. The largest absolute Gasteiger partial charge is 0.495 e. The zero-order valence-corrected chi connectivity index (χ0v) is 11.9. The molecule has 0 unspecified atom stereocenters. The van der Waals surface area contributed by atoms with E-state index in [0.29, 0.717) is 5.56 Å². The first-order chi connectivity index (χ1) is 9.18. The van der Waals surface area contributed by atoms with Gasteiger partial charge in [0.25, 0.3) is 6.43 Å². The van der Waals surface area contributed by atoms with Crippen LogP contribution in [0.25, 0.3) is 0 Å². The molecule has 6 heteroatoms. The maximum Gasteiger partial charge on any atom is 0.495 e. The van der Waals surface area contributed by atoms with Gasteiger partial charge in [-0.25, -0.2) is 8.78 Å². The number of rotatable bonds is 2. The molecule has 0 amide bonds. The van der Waals surface area contributed by atoms with Gasteiger partial charge in [0.2, 0.25) is 0 Å². The first-order valence-corrected chi connectivity index (χ1v) is 6.36. The molecule has 1 heterocycles. The quantitative estimate of drug-likeness (QED) is 0.782. The summed E-state index contributed by atoms with van der Waals surface area (Å²) in [6, 6.07) is 5.97. The number of benzene rings is 1. The van der Waals surface area contributed by atoms with Gasteiger partial charge in [-0.15, -0.1) is 0 Å². The van der Waals surface area contributed by atoms with E-state index in [1.807, 2.05) is 33.8 Å². The van der Waals surface area contributed by atoms with E-state index >= 15 is 0 Å². The summed E-state index contributed by atoms with van der Waals surface area (Å²) in [7, 11) is -0.891. The van der Waals surface area contributed by atoms with Crippen molar-refractivity contribution in [3.05, 3.63) is 29.3 Å². The first-order valence-electron chi connectivity index (χ1n) is 6.36. The molecule has 0 saturated carbocycles. The Morgan fingerprint density at radius 3 is 2.15 bits per heavy atom. The molecular formula is C14H16BF2NO2. The van der Waals surface area contributed by atoms with Gasteiger partial charge in [0, 0.05) is 5.56 Å². The van der Waals surface area contributed by atoms with Crippen molar-refractivity contribution in [3.63, 3.8) is 0 Å². The maximum absolute atomic E-state index is 13.1. The molecule has 1 saturated heterocycles. The van der Waals surface area contributed by atoms with Gasteiger partial charge >= 0.3 is 7.12 Å². The lowest BCUT2D eigenvalue weighted by molar-refractivity contribution is 0.00578. The van der Waals surface area contributed by atoms with Crippen LogP contribution in [0.4, 0.5) is 8.78 Å². The standard InChI is InChI=1S/C14H16BF2NO2/c1-13(2)14(3,4)20-15(19-13)11-7-9(8-18)5-6-10(11)12(16)17/h5-7,12H,1-4H3. The Morgan fingerprint density at radius 2 is 1.70 bits per heavy atom. The number of nitriles is 1.